The minimum atomic E-state index is -4.18. The number of aromatic nitrogens is 6. The molecule has 1 aromatic carbocycles. The Hall–Kier alpha value is -4.10. The van der Waals surface area contributed by atoms with Crippen LogP contribution in [-0.2, 0) is 10.0 Å². The highest BCUT2D eigenvalue weighted by Crippen LogP contribution is 2.33. The second-order valence-corrected chi connectivity index (χ2v) is 10.4. The van der Waals surface area contributed by atoms with E-state index in [-0.39, 0.29) is 33.1 Å². The van der Waals surface area contributed by atoms with E-state index in [1.54, 1.807) is 16.7 Å². The number of hydrogen-bond donors (Lipinski definition) is 2. The van der Waals surface area contributed by atoms with Gasteiger partial charge in [-0.25, -0.2) is 22.8 Å². The molecule has 0 amide bonds. The summed E-state index contributed by atoms with van der Waals surface area (Å²) in [6.45, 7) is 3.93. The van der Waals surface area contributed by atoms with Gasteiger partial charge in [0.2, 0.25) is 11.8 Å². The fourth-order valence-corrected chi connectivity index (χ4v) is 5.17. The first-order valence-electron chi connectivity index (χ1n) is 10.9. The van der Waals surface area contributed by atoms with Gasteiger partial charge in [-0.05, 0) is 44.2 Å². The number of halogens is 2. The number of nitrogens with one attached hydrogen (secondary N) is 2. The molecule has 0 aliphatic heterocycles. The van der Waals surface area contributed by atoms with Gasteiger partial charge in [-0.15, -0.1) is 10.2 Å². The maximum Gasteiger partial charge on any atom is 0.267 e. The molecule has 190 valence electrons. The molecule has 37 heavy (non-hydrogen) atoms. The second-order valence-electron chi connectivity index (χ2n) is 8.32. The van der Waals surface area contributed by atoms with Gasteiger partial charge in [-0.3, -0.25) is 9.12 Å². The number of benzene rings is 1. The molecule has 4 heterocycles. The van der Waals surface area contributed by atoms with E-state index < -0.39 is 15.8 Å². The molecule has 0 aliphatic carbocycles. The van der Waals surface area contributed by atoms with Gasteiger partial charge in [0, 0.05) is 40.6 Å². The van der Waals surface area contributed by atoms with Crippen LogP contribution in [0, 0.1) is 5.82 Å². The number of sulfonamides is 1. The highest BCUT2D eigenvalue weighted by molar-refractivity contribution is 7.92. The minimum absolute atomic E-state index is 0.0978. The highest BCUT2D eigenvalue weighted by atomic mass is 35.5. The quantitative estimate of drug-likeness (QED) is 0.310. The van der Waals surface area contributed by atoms with Crippen molar-refractivity contribution in [1.82, 2.24) is 29.5 Å². The van der Waals surface area contributed by atoms with Gasteiger partial charge < -0.3 is 10.1 Å². The van der Waals surface area contributed by atoms with Gasteiger partial charge >= 0.3 is 0 Å². The lowest BCUT2D eigenvalue weighted by molar-refractivity contribution is 0.385. The van der Waals surface area contributed by atoms with Crippen LogP contribution in [0.15, 0.2) is 53.9 Å². The Morgan fingerprint density at radius 1 is 1.08 bits per heavy atom. The Bertz CT molecular complexity index is 1760. The van der Waals surface area contributed by atoms with Gasteiger partial charge in [0.05, 0.1) is 12.1 Å². The van der Waals surface area contributed by atoms with Crippen LogP contribution in [0.4, 0.5) is 16.0 Å². The molecule has 2 N–H and O–H groups in total. The number of fused-ring (bicyclic) bond motifs is 3. The first-order chi connectivity index (χ1) is 17.7. The third kappa shape index (κ3) is 4.70. The van der Waals surface area contributed by atoms with Crippen LogP contribution in [0.1, 0.15) is 13.8 Å². The van der Waals surface area contributed by atoms with Crippen molar-refractivity contribution in [3.63, 3.8) is 0 Å². The topological polar surface area (TPSA) is 136 Å². The largest absolute Gasteiger partial charge is 0.480 e. The van der Waals surface area contributed by atoms with Gasteiger partial charge in [0.25, 0.3) is 10.0 Å². The fourth-order valence-electron chi connectivity index (χ4n) is 3.76. The van der Waals surface area contributed by atoms with Crippen molar-refractivity contribution in [3.05, 3.63) is 59.9 Å². The van der Waals surface area contributed by atoms with Crippen LogP contribution in [0.3, 0.4) is 0 Å². The molecule has 4 aromatic heterocycles. The molecule has 0 saturated carbocycles. The van der Waals surface area contributed by atoms with Crippen LogP contribution in [0.25, 0.3) is 27.8 Å². The summed E-state index contributed by atoms with van der Waals surface area (Å²) in [5.41, 5.74) is 1.43. The molecule has 0 radical (unpaired) electrons. The van der Waals surface area contributed by atoms with Crippen LogP contribution in [-0.4, -0.2) is 51.1 Å². The summed E-state index contributed by atoms with van der Waals surface area (Å²) in [7, 11) is -2.88. The van der Waals surface area contributed by atoms with Crippen LogP contribution in [0.5, 0.6) is 5.88 Å². The van der Waals surface area contributed by atoms with E-state index in [4.69, 9.17) is 16.3 Å². The SMILES string of the molecule is COc1ncc(Cl)cc1S(=O)(=O)Nc1ccc(F)c(-c2cc3cnc(NC(C)C)nc3n3cnnc23)c1. The maximum absolute atomic E-state index is 15.1. The molecule has 0 saturated heterocycles. The van der Waals surface area contributed by atoms with Crippen molar-refractivity contribution in [1.29, 1.82) is 0 Å². The molecule has 0 fully saturated rings. The summed E-state index contributed by atoms with van der Waals surface area (Å²) < 4.78 is 50.4. The van der Waals surface area contributed by atoms with Gasteiger partial charge in [-0.1, -0.05) is 11.6 Å². The lowest BCUT2D eigenvalue weighted by Gasteiger charge is -2.14. The summed E-state index contributed by atoms with van der Waals surface area (Å²) in [6.07, 6.45) is 4.35. The number of hydrogen-bond acceptors (Lipinski definition) is 9. The van der Waals surface area contributed by atoms with E-state index >= 15 is 4.39 Å². The average molecular weight is 543 g/mol. The average Bonchev–Trinajstić information content (AvgIpc) is 3.35. The van der Waals surface area contributed by atoms with E-state index in [1.807, 2.05) is 13.8 Å². The molecule has 5 aromatic rings. The summed E-state index contributed by atoms with van der Waals surface area (Å²) in [5.74, 6) is -0.294. The third-order valence-electron chi connectivity index (χ3n) is 5.31. The van der Waals surface area contributed by atoms with Crippen molar-refractivity contribution in [2.75, 3.05) is 17.1 Å². The van der Waals surface area contributed by atoms with Crippen molar-refractivity contribution >= 4 is 49.9 Å². The van der Waals surface area contributed by atoms with E-state index in [1.165, 1.54) is 37.8 Å². The van der Waals surface area contributed by atoms with Crippen LogP contribution in [0.2, 0.25) is 5.02 Å². The zero-order valence-electron chi connectivity index (χ0n) is 19.8. The molecular formula is C23H20ClFN8O3S. The lowest BCUT2D eigenvalue weighted by atomic mass is 10.0. The molecule has 5 rings (SSSR count). The Morgan fingerprint density at radius 3 is 2.65 bits per heavy atom. The summed E-state index contributed by atoms with van der Waals surface area (Å²) in [5, 5.41) is 12.0. The number of methoxy groups -OCH3 is 1. The Balaban J connectivity index is 1.60. The van der Waals surface area contributed by atoms with E-state index in [0.29, 0.717) is 28.2 Å². The molecule has 0 spiro atoms. The Morgan fingerprint density at radius 2 is 1.89 bits per heavy atom. The highest BCUT2D eigenvalue weighted by Gasteiger charge is 2.23. The van der Waals surface area contributed by atoms with E-state index in [2.05, 4.69) is 35.2 Å². The van der Waals surface area contributed by atoms with E-state index in [9.17, 15) is 8.42 Å². The number of ether oxygens (including phenoxy) is 1. The molecule has 0 atom stereocenters. The number of pyridine rings is 2. The third-order valence-corrected chi connectivity index (χ3v) is 6.89. The van der Waals surface area contributed by atoms with Gasteiger partial charge in [-0.2, -0.15) is 4.98 Å². The first-order valence-corrected chi connectivity index (χ1v) is 12.8. The maximum atomic E-state index is 15.1. The predicted octanol–water partition coefficient (Wildman–Crippen LogP) is 4.16. The molecule has 0 unspecified atom stereocenters. The zero-order valence-corrected chi connectivity index (χ0v) is 21.3. The summed E-state index contributed by atoms with van der Waals surface area (Å²) in [4.78, 5) is 12.5. The van der Waals surface area contributed by atoms with Crippen LogP contribution < -0.4 is 14.8 Å². The van der Waals surface area contributed by atoms with Gasteiger partial charge in [0.15, 0.2) is 16.2 Å². The Kier molecular flexibility index (Phi) is 6.25. The monoisotopic (exact) mass is 542 g/mol. The number of anilines is 2. The standard InChI is InChI=1S/C23H20ClFN8O3S/c1-12(2)29-23-27-9-13-6-17(21-31-28-11-33(21)20(13)30-23)16-8-15(4-5-18(16)25)32-37(34,35)19-7-14(24)10-26-22(19)36-3/h4-12,32H,1-3H3,(H,27,29,30). The molecular weight excluding hydrogens is 523 g/mol. The Labute approximate surface area is 215 Å². The van der Waals surface area contributed by atoms with Crippen molar-refractivity contribution in [3.8, 4) is 17.0 Å². The number of nitrogens with zero attached hydrogens (tertiary/aromatic N) is 6. The van der Waals surface area contributed by atoms with Crippen molar-refractivity contribution in [2.45, 2.75) is 24.8 Å². The van der Waals surface area contributed by atoms with Crippen molar-refractivity contribution < 1.29 is 17.5 Å². The minimum Gasteiger partial charge on any atom is -0.480 e. The fraction of sp³-hybridized carbons (Fsp3) is 0.174. The number of rotatable bonds is 7. The lowest BCUT2D eigenvalue weighted by Crippen LogP contribution is -2.15. The van der Waals surface area contributed by atoms with Crippen molar-refractivity contribution in [2.24, 2.45) is 0 Å². The summed E-state index contributed by atoms with van der Waals surface area (Å²) in [6, 6.07) is 6.84. The van der Waals surface area contributed by atoms with E-state index in [0.717, 1.165) is 6.07 Å². The van der Waals surface area contributed by atoms with Crippen LogP contribution >= 0.6 is 11.6 Å². The van der Waals surface area contributed by atoms with Gasteiger partial charge in [0.1, 0.15) is 12.1 Å². The molecule has 11 nitrogen and oxygen atoms in total. The molecule has 0 aliphatic rings. The smallest absolute Gasteiger partial charge is 0.267 e. The zero-order chi connectivity index (χ0) is 26.3. The second kappa shape index (κ2) is 9.41. The molecule has 0 bridgehead atoms. The normalized spacial score (nSPS) is 11.8. The first kappa shape index (κ1) is 24.6. The summed E-state index contributed by atoms with van der Waals surface area (Å²) >= 11 is 5.95. The molecule has 14 heteroatoms. The predicted molar refractivity (Wildman–Crippen MR) is 137 cm³/mol.